The molecule has 232 valence electrons. The van der Waals surface area contributed by atoms with E-state index in [0.717, 1.165) is 12.5 Å². The van der Waals surface area contributed by atoms with Crippen molar-refractivity contribution < 1.29 is 63.7 Å². The maximum absolute atomic E-state index is 12.9. The highest BCUT2D eigenvalue weighted by molar-refractivity contribution is 5.90. The first-order chi connectivity index (χ1) is 20.2. The van der Waals surface area contributed by atoms with Crippen molar-refractivity contribution in [1.82, 2.24) is 10.2 Å². The molecule has 6 N–H and O–H groups in total. The number of phenolic OH excluding ortho intramolecular Hbond substituents is 1. The predicted octanol–water partition coefficient (Wildman–Crippen LogP) is -1.06. The quantitative estimate of drug-likeness (QED) is 0.175. The first-order valence-corrected chi connectivity index (χ1v) is 13.7. The number of nitrogens with one attached hydrogen (secondary N) is 1. The van der Waals surface area contributed by atoms with Gasteiger partial charge in [-0.3, -0.25) is 14.4 Å². The van der Waals surface area contributed by atoms with Crippen LogP contribution in [-0.4, -0.2) is 110 Å². The number of phenols is 1. The van der Waals surface area contributed by atoms with E-state index < -0.39 is 78.0 Å². The van der Waals surface area contributed by atoms with E-state index in [2.05, 4.69) is 4.90 Å². The zero-order chi connectivity index (χ0) is 31.4. The Morgan fingerprint density at radius 1 is 1.19 bits per heavy atom. The van der Waals surface area contributed by atoms with Crippen LogP contribution in [0.15, 0.2) is 24.0 Å². The van der Waals surface area contributed by atoms with E-state index in [-0.39, 0.29) is 29.7 Å². The maximum atomic E-state index is 12.9. The molecule has 2 aliphatic carbocycles. The molecular formula is C28H32N2O13. The van der Waals surface area contributed by atoms with Crippen molar-refractivity contribution in [2.45, 2.75) is 80.4 Å². The van der Waals surface area contributed by atoms with Gasteiger partial charge in [0.15, 0.2) is 29.8 Å². The van der Waals surface area contributed by atoms with Gasteiger partial charge in [0.05, 0.1) is 23.9 Å². The molecule has 0 unspecified atom stereocenters. The Morgan fingerprint density at radius 2 is 1.91 bits per heavy atom. The third-order valence-corrected chi connectivity index (χ3v) is 8.87. The monoisotopic (exact) mass is 604 g/mol. The topological polar surface area (TPSA) is 229 Å². The van der Waals surface area contributed by atoms with Crippen molar-refractivity contribution in [2.75, 3.05) is 13.6 Å². The van der Waals surface area contributed by atoms with Gasteiger partial charge < -0.3 is 50.0 Å². The Morgan fingerprint density at radius 3 is 2.58 bits per heavy atom. The molecule has 43 heavy (non-hydrogen) atoms. The fourth-order valence-electron chi connectivity index (χ4n) is 6.82. The van der Waals surface area contributed by atoms with E-state index in [9.17, 15) is 39.3 Å². The van der Waals surface area contributed by atoms with E-state index in [1.165, 1.54) is 12.1 Å². The molecule has 0 radical (unpaired) electrons. The van der Waals surface area contributed by atoms with Crippen LogP contribution in [0.2, 0.25) is 0 Å². The van der Waals surface area contributed by atoms with Crippen LogP contribution in [0.4, 0.5) is 0 Å². The molecule has 2 bridgehead atoms. The van der Waals surface area contributed by atoms with Crippen molar-refractivity contribution in [3.8, 4) is 11.5 Å². The lowest BCUT2D eigenvalue weighted by atomic mass is 9.50. The molecule has 4 aliphatic rings. The number of nitrogens with zero attached hydrogens (tertiary/aromatic N) is 1. The summed E-state index contributed by atoms with van der Waals surface area (Å²) in [6, 6.07) is 1.29. The number of aliphatic hydroxyl groups excluding tert-OH is 1. The molecule has 2 heterocycles. The van der Waals surface area contributed by atoms with Crippen LogP contribution in [0.1, 0.15) is 43.7 Å². The number of carbonyl (C=O) groups excluding carboxylic acids is 3. The van der Waals surface area contributed by atoms with Crippen molar-refractivity contribution in [2.24, 2.45) is 0 Å². The molecule has 1 aromatic rings. The molecule has 15 nitrogen and oxygen atoms in total. The minimum absolute atomic E-state index is 0.0629. The number of carboxylic acids is 2. The van der Waals surface area contributed by atoms with Gasteiger partial charge in [-0.2, -0.15) is 0 Å². The second-order valence-electron chi connectivity index (χ2n) is 11.4. The Bertz CT molecular complexity index is 1430. The van der Waals surface area contributed by atoms with Gasteiger partial charge in [-0.05, 0) is 51.1 Å². The number of amides is 1. The van der Waals surface area contributed by atoms with Gasteiger partial charge in [-0.1, -0.05) is 6.07 Å². The van der Waals surface area contributed by atoms with Gasteiger partial charge in [-0.15, -0.1) is 0 Å². The first kappa shape index (κ1) is 30.3. The van der Waals surface area contributed by atoms with Gasteiger partial charge in [-0.25, -0.2) is 9.59 Å². The van der Waals surface area contributed by atoms with E-state index >= 15 is 0 Å². The normalized spacial score (nSPS) is 28.7. The summed E-state index contributed by atoms with van der Waals surface area (Å²) >= 11 is 0. The average molecular weight is 605 g/mol. The number of hydrogen-bond donors (Lipinski definition) is 6. The number of rotatable bonds is 10. The molecule has 1 saturated heterocycles. The summed E-state index contributed by atoms with van der Waals surface area (Å²) in [4.78, 5) is 61.5. The van der Waals surface area contributed by atoms with Crippen LogP contribution in [0.25, 0.3) is 0 Å². The lowest BCUT2D eigenvalue weighted by Crippen LogP contribution is -2.74. The van der Waals surface area contributed by atoms with E-state index in [1.807, 2.05) is 12.4 Å². The summed E-state index contributed by atoms with van der Waals surface area (Å²) < 4.78 is 16.6. The molecule has 1 amide bonds. The number of likely N-dealkylation sites (N-methyl/N-ethyl adjacent to an activating group) is 1. The van der Waals surface area contributed by atoms with Crippen molar-refractivity contribution in [1.29, 1.82) is 0 Å². The van der Waals surface area contributed by atoms with Gasteiger partial charge >= 0.3 is 23.9 Å². The minimum atomic E-state index is -2.06. The summed E-state index contributed by atoms with van der Waals surface area (Å²) in [5.41, 5.74) is -0.685. The number of esters is 2. The van der Waals surface area contributed by atoms with E-state index in [4.69, 9.17) is 24.4 Å². The summed E-state index contributed by atoms with van der Waals surface area (Å²) in [5, 5.41) is 52.8. The summed E-state index contributed by atoms with van der Waals surface area (Å²) in [5.74, 6) is -6.46. The number of aliphatic hydroxyl groups is 2. The third-order valence-electron chi connectivity index (χ3n) is 8.87. The second-order valence-corrected chi connectivity index (χ2v) is 11.4. The molecule has 0 saturated carbocycles. The molecule has 7 atom stereocenters. The van der Waals surface area contributed by atoms with Crippen LogP contribution >= 0.6 is 0 Å². The number of aliphatic carboxylic acids is 2. The summed E-state index contributed by atoms with van der Waals surface area (Å²) in [6.07, 6.45) is -3.79. The lowest BCUT2D eigenvalue weighted by Gasteiger charge is -2.61. The predicted molar refractivity (Wildman–Crippen MR) is 141 cm³/mol. The van der Waals surface area contributed by atoms with Crippen molar-refractivity contribution >= 4 is 29.8 Å². The highest BCUT2D eigenvalue weighted by atomic mass is 16.6. The highest BCUT2D eigenvalue weighted by Crippen LogP contribution is 2.65. The number of carbonyl (C=O) groups is 5. The number of ether oxygens (including phenoxy) is 3. The molecule has 1 spiro atoms. The van der Waals surface area contributed by atoms with Crippen molar-refractivity contribution in [3.05, 3.63) is 35.1 Å². The van der Waals surface area contributed by atoms with Crippen molar-refractivity contribution in [3.63, 3.8) is 0 Å². The number of likely N-dealkylation sites (tertiary alicyclic amines) is 1. The lowest BCUT2D eigenvalue weighted by molar-refractivity contribution is -0.172. The highest BCUT2D eigenvalue weighted by Gasteiger charge is 2.72. The third kappa shape index (κ3) is 4.86. The zero-order valence-electron chi connectivity index (χ0n) is 23.3. The Kier molecular flexibility index (Phi) is 7.61. The number of piperidine rings is 1. The summed E-state index contributed by atoms with van der Waals surface area (Å²) in [6.45, 7) is 1.69. The second kappa shape index (κ2) is 10.8. The molecule has 0 aromatic heterocycles. The molecule has 5 rings (SSSR count). The van der Waals surface area contributed by atoms with E-state index in [0.29, 0.717) is 24.9 Å². The number of benzene rings is 1. The number of carboxylic acid groups (broad SMARTS) is 2. The number of hydrogen-bond acceptors (Lipinski definition) is 12. The minimum Gasteiger partial charge on any atom is -0.504 e. The first-order valence-electron chi connectivity index (χ1n) is 13.7. The van der Waals surface area contributed by atoms with Gasteiger partial charge in [0, 0.05) is 18.0 Å². The zero-order valence-corrected chi connectivity index (χ0v) is 23.3. The molecular weight excluding hydrogens is 572 g/mol. The summed E-state index contributed by atoms with van der Waals surface area (Å²) in [7, 11) is 1.93. The maximum Gasteiger partial charge on any atom is 0.336 e. The van der Waals surface area contributed by atoms with Crippen LogP contribution in [-0.2, 0) is 45.3 Å². The Balaban J connectivity index is 1.26. The Hall–Kier alpha value is -4.21. The van der Waals surface area contributed by atoms with Crippen LogP contribution in [0.3, 0.4) is 0 Å². The molecule has 1 fully saturated rings. The fourth-order valence-corrected chi connectivity index (χ4v) is 6.82. The van der Waals surface area contributed by atoms with Crippen LogP contribution in [0, 0.1) is 0 Å². The van der Waals surface area contributed by atoms with Gasteiger partial charge in [0.1, 0.15) is 11.8 Å². The Labute approximate surface area is 244 Å². The fraction of sp³-hybridized carbons (Fsp3) is 0.536. The molecule has 1 aromatic carbocycles. The number of aromatic hydroxyl groups is 1. The molecule has 2 aliphatic heterocycles. The largest absolute Gasteiger partial charge is 0.504 e. The standard InChI is InChI=1S/C28H32N2O13/c1-12(24(36)29-14(25(37)38)10-19(33)34)41-26(39)16(32)11-20(35)42-17-5-6-28(40)18-9-13-3-4-15(31)22-21(13)27(28,23(17)43-22)7-8-30(18)2/h3-5,12,14,16,18,23,31-32,40H,6-11H2,1-2H3,(H,29,36)(H,33,34)(H,37,38)/t12-,14-,16-,18-,23-,27-,28+/m0/s1. The average Bonchev–Trinajstić information content (AvgIpc) is 3.29. The van der Waals surface area contributed by atoms with Gasteiger partial charge in [0.2, 0.25) is 0 Å². The van der Waals surface area contributed by atoms with Gasteiger partial charge in [0.25, 0.3) is 5.91 Å². The molecule has 15 heteroatoms. The van der Waals surface area contributed by atoms with Crippen LogP contribution < -0.4 is 10.1 Å². The van der Waals surface area contributed by atoms with Crippen LogP contribution in [0.5, 0.6) is 11.5 Å². The SMILES string of the molecule is C[C@H](OC(=O)[C@@H](O)CC(=O)OC1=CC[C@@]2(O)[C@@H]3Cc4ccc(O)c5c4[C@@]2(CCN3C)[C@H]1O5)C(=O)N[C@@H](CC(=O)O)C(=O)O. The smallest absolute Gasteiger partial charge is 0.336 e. The van der Waals surface area contributed by atoms with E-state index in [1.54, 1.807) is 6.07 Å².